The van der Waals surface area contributed by atoms with E-state index in [0.29, 0.717) is 24.3 Å². The molecule has 2 aromatic carbocycles. The minimum Gasteiger partial charge on any atom is -0.457 e. The van der Waals surface area contributed by atoms with Crippen LogP contribution in [0.2, 0.25) is 0 Å². The van der Waals surface area contributed by atoms with E-state index in [1.54, 1.807) is 42.1 Å². The predicted molar refractivity (Wildman–Crippen MR) is 121 cm³/mol. The van der Waals surface area contributed by atoms with Crippen LogP contribution in [-0.2, 0) is 14.8 Å². The van der Waals surface area contributed by atoms with Crippen LogP contribution in [0.15, 0.2) is 65.8 Å². The molecular weight excluding hydrogens is 444 g/mol. The Bertz CT molecular complexity index is 1180. The molecule has 0 aliphatic carbocycles. The number of hydrogen-bond donors (Lipinski definition) is 3. The zero-order valence-electron chi connectivity index (χ0n) is 18.1. The summed E-state index contributed by atoms with van der Waals surface area (Å²) in [5.74, 6) is 0.898. The Kier molecular flexibility index (Phi) is 6.77. The van der Waals surface area contributed by atoms with Crippen LogP contribution in [0.4, 0.5) is 0 Å². The molecule has 0 radical (unpaired) electrons. The second-order valence-corrected chi connectivity index (χ2v) is 9.94. The van der Waals surface area contributed by atoms with Gasteiger partial charge in [-0.2, -0.15) is 4.31 Å². The average molecular weight is 471 g/mol. The van der Waals surface area contributed by atoms with Gasteiger partial charge in [0.05, 0.1) is 4.90 Å². The van der Waals surface area contributed by atoms with Gasteiger partial charge in [-0.3, -0.25) is 10.0 Å². The van der Waals surface area contributed by atoms with Gasteiger partial charge >= 0.3 is 0 Å². The van der Waals surface area contributed by atoms with Gasteiger partial charge in [0, 0.05) is 24.5 Å². The first-order valence-electron chi connectivity index (χ1n) is 10.7. The maximum atomic E-state index is 13.4. The third-order valence-corrected chi connectivity index (χ3v) is 7.70. The van der Waals surface area contributed by atoms with Crippen LogP contribution in [0.3, 0.4) is 0 Å². The summed E-state index contributed by atoms with van der Waals surface area (Å²) in [6.45, 7) is 2.03. The molecule has 3 N–H and O–H groups in total. The molecule has 1 saturated heterocycles. The van der Waals surface area contributed by atoms with E-state index < -0.39 is 22.0 Å². The third-order valence-electron chi connectivity index (χ3n) is 5.81. The summed E-state index contributed by atoms with van der Waals surface area (Å²) in [6.07, 6.45) is 5.59. The highest BCUT2D eigenvalue weighted by Gasteiger charge is 2.40. The van der Waals surface area contributed by atoms with Gasteiger partial charge < -0.3 is 9.72 Å². The van der Waals surface area contributed by atoms with Crippen molar-refractivity contribution < 1.29 is 23.2 Å². The topological polar surface area (TPSA) is 125 Å². The van der Waals surface area contributed by atoms with E-state index in [1.165, 1.54) is 16.4 Å². The Balaban J connectivity index is 1.52. The van der Waals surface area contributed by atoms with Gasteiger partial charge in [-0.05, 0) is 67.3 Å². The van der Waals surface area contributed by atoms with Crippen molar-refractivity contribution in [2.24, 2.45) is 5.92 Å². The number of rotatable bonds is 6. The molecule has 1 aromatic heterocycles. The first-order valence-corrected chi connectivity index (χ1v) is 12.2. The summed E-state index contributed by atoms with van der Waals surface area (Å²) in [7, 11) is -3.95. The number of nitrogens with one attached hydrogen (secondary N) is 2. The molecule has 4 rings (SSSR count). The Hall–Kier alpha value is -3.21. The monoisotopic (exact) mass is 470 g/mol. The highest BCUT2D eigenvalue weighted by Crippen LogP contribution is 2.30. The van der Waals surface area contributed by atoms with E-state index in [-0.39, 0.29) is 17.4 Å². The second-order valence-electron chi connectivity index (χ2n) is 8.05. The lowest BCUT2D eigenvalue weighted by atomic mass is 9.97. The van der Waals surface area contributed by atoms with Crippen molar-refractivity contribution in [2.45, 2.75) is 37.1 Å². The molecule has 1 aliphatic heterocycles. The van der Waals surface area contributed by atoms with E-state index in [9.17, 15) is 13.2 Å². The van der Waals surface area contributed by atoms with Crippen molar-refractivity contribution in [3.8, 4) is 22.9 Å². The van der Waals surface area contributed by atoms with Crippen molar-refractivity contribution in [1.82, 2.24) is 19.8 Å². The van der Waals surface area contributed by atoms with Crippen molar-refractivity contribution >= 4 is 15.9 Å². The Morgan fingerprint density at radius 1 is 1.12 bits per heavy atom. The number of nitrogens with zero attached hydrogens (tertiary/aromatic N) is 2. The van der Waals surface area contributed by atoms with E-state index in [4.69, 9.17) is 9.94 Å². The highest BCUT2D eigenvalue weighted by atomic mass is 32.2. The Morgan fingerprint density at radius 2 is 1.79 bits per heavy atom. The van der Waals surface area contributed by atoms with Crippen molar-refractivity contribution in [3.63, 3.8) is 0 Å². The molecule has 2 heterocycles. The summed E-state index contributed by atoms with van der Waals surface area (Å²) in [5.41, 5.74) is 2.54. The number of benzene rings is 2. The molecular formula is C23H26N4O5S. The number of ether oxygens (including phenoxy) is 1. The zero-order valence-corrected chi connectivity index (χ0v) is 19.0. The van der Waals surface area contributed by atoms with E-state index in [2.05, 4.69) is 9.97 Å². The van der Waals surface area contributed by atoms with Gasteiger partial charge in [0.1, 0.15) is 23.4 Å². The Labute approximate surface area is 192 Å². The van der Waals surface area contributed by atoms with Gasteiger partial charge in [0.2, 0.25) is 10.0 Å². The molecule has 1 amide bonds. The number of H-pyrrole nitrogens is 1. The summed E-state index contributed by atoms with van der Waals surface area (Å²) in [6, 6.07) is 12.5. The van der Waals surface area contributed by atoms with Crippen molar-refractivity contribution in [1.29, 1.82) is 0 Å². The quantitative estimate of drug-likeness (QED) is 0.374. The maximum Gasteiger partial charge on any atom is 0.262 e. The SMILES string of the molecule is C[C@H]1CCCCN(S(=O)(=O)c2ccc(Oc3ccc(-c4ncc[nH]4)cc3)cc2)C1C(=O)NO. The van der Waals surface area contributed by atoms with Crippen LogP contribution in [0.25, 0.3) is 11.4 Å². The largest absolute Gasteiger partial charge is 0.457 e. The van der Waals surface area contributed by atoms with Crippen LogP contribution in [0, 0.1) is 5.92 Å². The van der Waals surface area contributed by atoms with Gasteiger partial charge in [0.15, 0.2) is 0 Å². The summed E-state index contributed by atoms with van der Waals surface area (Å²) >= 11 is 0. The number of sulfonamides is 1. The number of hydrogen-bond acceptors (Lipinski definition) is 6. The minimum absolute atomic E-state index is 0.0628. The molecule has 2 atom stereocenters. The van der Waals surface area contributed by atoms with E-state index in [1.807, 2.05) is 19.1 Å². The van der Waals surface area contributed by atoms with Crippen molar-refractivity contribution in [3.05, 3.63) is 60.9 Å². The zero-order chi connectivity index (χ0) is 23.4. The lowest BCUT2D eigenvalue weighted by Gasteiger charge is -2.30. The fraction of sp³-hybridized carbons (Fsp3) is 0.304. The molecule has 0 spiro atoms. The molecule has 33 heavy (non-hydrogen) atoms. The van der Waals surface area contributed by atoms with Crippen LogP contribution in [0.5, 0.6) is 11.5 Å². The predicted octanol–water partition coefficient (Wildman–Crippen LogP) is 3.55. The second kappa shape index (κ2) is 9.74. The fourth-order valence-corrected chi connectivity index (χ4v) is 5.82. The molecule has 174 valence electrons. The van der Waals surface area contributed by atoms with E-state index >= 15 is 0 Å². The molecule has 1 aliphatic rings. The number of hydroxylamine groups is 1. The lowest BCUT2D eigenvalue weighted by Crippen LogP contribution is -2.51. The molecule has 10 heteroatoms. The number of carbonyl (C=O) groups excluding carboxylic acids is 1. The summed E-state index contributed by atoms with van der Waals surface area (Å²) < 4.78 is 33.7. The van der Waals surface area contributed by atoms with Gasteiger partial charge in [-0.25, -0.2) is 18.9 Å². The highest BCUT2D eigenvalue weighted by molar-refractivity contribution is 7.89. The number of aromatic amines is 1. The third kappa shape index (κ3) is 4.92. The molecule has 9 nitrogen and oxygen atoms in total. The Morgan fingerprint density at radius 3 is 2.39 bits per heavy atom. The standard InChI is InChI=1S/C23H26N4O5S/c1-16-4-2-3-15-27(21(16)23(28)26-29)33(30,31)20-11-9-19(10-12-20)32-18-7-5-17(6-8-18)22-24-13-14-25-22/h5-14,16,21,29H,2-4,15H2,1H3,(H,24,25)(H,26,28)/t16-,21?/m0/s1. The number of carbonyl (C=O) groups is 1. The van der Waals surface area contributed by atoms with Gasteiger partial charge in [-0.15, -0.1) is 0 Å². The van der Waals surface area contributed by atoms with Crippen LogP contribution in [0.1, 0.15) is 26.2 Å². The first kappa shape index (κ1) is 23.0. The summed E-state index contributed by atoms with van der Waals surface area (Å²) in [5, 5.41) is 9.16. The number of amides is 1. The molecule has 1 unspecified atom stereocenters. The average Bonchev–Trinajstić information content (AvgIpc) is 3.29. The maximum absolute atomic E-state index is 13.4. The molecule has 0 saturated carbocycles. The van der Waals surface area contributed by atoms with Crippen LogP contribution in [-0.4, -0.2) is 46.4 Å². The van der Waals surface area contributed by atoms with Gasteiger partial charge in [0.25, 0.3) is 5.91 Å². The van der Waals surface area contributed by atoms with Crippen molar-refractivity contribution in [2.75, 3.05) is 6.54 Å². The minimum atomic E-state index is -3.95. The van der Waals surface area contributed by atoms with Crippen LogP contribution < -0.4 is 10.2 Å². The van der Waals surface area contributed by atoms with Crippen LogP contribution >= 0.6 is 0 Å². The lowest BCUT2D eigenvalue weighted by molar-refractivity contribution is -0.134. The summed E-state index contributed by atoms with van der Waals surface area (Å²) in [4.78, 5) is 19.6. The number of imidazole rings is 1. The van der Waals surface area contributed by atoms with Gasteiger partial charge in [-0.1, -0.05) is 13.3 Å². The van der Waals surface area contributed by atoms with E-state index in [0.717, 1.165) is 17.8 Å². The molecule has 0 bridgehead atoms. The molecule has 1 fully saturated rings. The fourth-order valence-electron chi connectivity index (χ4n) is 4.09. The number of aromatic nitrogens is 2. The first-order chi connectivity index (χ1) is 15.9. The smallest absolute Gasteiger partial charge is 0.262 e. The molecule has 3 aromatic rings. The normalized spacial score (nSPS) is 19.6.